The van der Waals surface area contributed by atoms with Crippen molar-refractivity contribution >= 4 is 11.9 Å². The van der Waals surface area contributed by atoms with Crippen LogP contribution in [0.5, 0.6) is 0 Å². The number of amides is 1. The van der Waals surface area contributed by atoms with Gasteiger partial charge in [0.1, 0.15) is 5.60 Å². The Morgan fingerprint density at radius 2 is 1.79 bits per heavy atom. The summed E-state index contributed by atoms with van der Waals surface area (Å²) >= 11 is 0. The molecule has 0 atom stereocenters. The van der Waals surface area contributed by atoms with Crippen LogP contribution in [0.1, 0.15) is 37.5 Å². The number of aryl methyl sites for hydroxylation is 2. The molecule has 1 aromatic rings. The maximum absolute atomic E-state index is 11.6. The van der Waals surface area contributed by atoms with Crippen LogP contribution in [0.4, 0.5) is 0 Å². The van der Waals surface area contributed by atoms with Gasteiger partial charge in [-0.2, -0.15) is 0 Å². The van der Waals surface area contributed by atoms with E-state index in [1.165, 1.54) is 5.56 Å². The van der Waals surface area contributed by atoms with Crippen molar-refractivity contribution in [3.05, 3.63) is 34.9 Å². The van der Waals surface area contributed by atoms with Crippen LogP contribution in [-0.4, -0.2) is 17.5 Å². The van der Waals surface area contributed by atoms with Gasteiger partial charge in [0.05, 0.1) is 0 Å². The summed E-state index contributed by atoms with van der Waals surface area (Å²) in [5.41, 5.74) is 2.65. The number of hydrogen-bond acceptors (Lipinski definition) is 3. The molecule has 0 bridgehead atoms. The fraction of sp³-hybridized carbons (Fsp3) is 0.467. The molecule has 1 rings (SSSR count). The molecule has 0 aliphatic heterocycles. The van der Waals surface area contributed by atoms with Gasteiger partial charge in [-0.3, -0.25) is 4.79 Å². The highest BCUT2D eigenvalue weighted by Crippen LogP contribution is 2.10. The van der Waals surface area contributed by atoms with E-state index < -0.39 is 17.5 Å². The van der Waals surface area contributed by atoms with E-state index in [-0.39, 0.29) is 0 Å². The first-order valence-electron chi connectivity index (χ1n) is 6.26. The molecule has 0 aromatic heterocycles. The second kappa shape index (κ2) is 5.87. The van der Waals surface area contributed by atoms with Crippen molar-refractivity contribution in [2.24, 2.45) is 0 Å². The lowest BCUT2D eigenvalue weighted by atomic mass is 10.1. The highest BCUT2D eigenvalue weighted by Gasteiger charge is 2.22. The maximum atomic E-state index is 11.6. The van der Waals surface area contributed by atoms with Crippen molar-refractivity contribution in [2.45, 2.75) is 46.8 Å². The average molecular weight is 263 g/mol. The zero-order valence-corrected chi connectivity index (χ0v) is 12.2. The van der Waals surface area contributed by atoms with Gasteiger partial charge in [-0.15, -0.1) is 0 Å². The summed E-state index contributed by atoms with van der Waals surface area (Å²) in [6.45, 7) is 9.52. The third-order valence-electron chi connectivity index (χ3n) is 2.61. The van der Waals surface area contributed by atoms with E-state index in [2.05, 4.69) is 5.32 Å². The largest absolute Gasteiger partial charge is 0.453 e. The Morgan fingerprint density at radius 1 is 1.16 bits per heavy atom. The third-order valence-corrected chi connectivity index (χ3v) is 2.61. The molecule has 0 spiro atoms. The lowest BCUT2D eigenvalue weighted by Gasteiger charge is -2.18. The Hall–Kier alpha value is -1.84. The van der Waals surface area contributed by atoms with E-state index in [9.17, 15) is 9.59 Å². The number of hydrogen-bond donors (Lipinski definition) is 1. The van der Waals surface area contributed by atoms with Crippen LogP contribution in [0.25, 0.3) is 0 Å². The highest BCUT2D eigenvalue weighted by molar-refractivity contribution is 6.32. The number of esters is 1. The average Bonchev–Trinajstić information content (AvgIpc) is 2.28. The molecule has 0 heterocycles. The van der Waals surface area contributed by atoms with Gasteiger partial charge in [0.2, 0.25) is 0 Å². The van der Waals surface area contributed by atoms with Crippen molar-refractivity contribution < 1.29 is 14.3 Å². The van der Waals surface area contributed by atoms with Crippen LogP contribution in [0.3, 0.4) is 0 Å². The third kappa shape index (κ3) is 5.12. The Bertz CT molecular complexity index is 487. The topological polar surface area (TPSA) is 55.4 Å². The van der Waals surface area contributed by atoms with Crippen molar-refractivity contribution in [3.63, 3.8) is 0 Å². The molecule has 0 saturated heterocycles. The summed E-state index contributed by atoms with van der Waals surface area (Å²) in [5, 5.41) is 2.55. The normalized spacial score (nSPS) is 11.0. The van der Waals surface area contributed by atoms with Gasteiger partial charge in [-0.05, 0) is 51.3 Å². The van der Waals surface area contributed by atoms with E-state index in [4.69, 9.17) is 4.74 Å². The van der Waals surface area contributed by atoms with Crippen LogP contribution >= 0.6 is 0 Å². The predicted octanol–water partition coefficient (Wildman–Crippen LogP) is 2.26. The quantitative estimate of drug-likeness (QED) is 0.657. The van der Waals surface area contributed by atoms with Crippen molar-refractivity contribution in [2.75, 3.05) is 0 Å². The van der Waals surface area contributed by atoms with E-state index in [0.29, 0.717) is 6.54 Å². The fourth-order valence-corrected chi connectivity index (χ4v) is 1.49. The first kappa shape index (κ1) is 15.2. The number of ether oxygens (including phenoxy) is 1. The second-order valence-electron chi connectivity index (χ2n) is 5.60. The first-order valence-corrected chi connectivity index (χ1v) is 6.26. The highest BCUT2D eigenvalue weighted by atomic mass is 16.6. The summed E-state index contributed by atoms with van der Waals surface area (Å²) in [6, 6.07) is 5.91. The zero-order chi connectivity index (χ0) is 14.6. The summed E-state index contributed by atoms with van der Waals surface area (Å²) in [4.78, 5) is 23.0. The molecule has 104 valence electrons. The van der Waals surface area contributed by atoms with Crippen molar-refractivity contribution in [1.82, 2.24) is 5.32 Å². The van der Waals surface area contributed by atoms with Gasteiger partial charge in [0.25, 0.3) is 0 Å². The number of benzene rings is 1. The van der Waals surface area contributed by atoms with Gasteiger partial charge >= 0.3 is 11.9 Å². The molecular weight excluding hydrogens is 242 g/mol. The van der Waals surface area contributed by atoms with E-state index >= 15 is 0 Å². The number of carbonyl (C=O) groups is 2. The van der Waals surface area contributed by atoms with Crippen LogP contribution in [0.2, 0.25) is 0 Å². The Kier molecular flexibility index (Phi) is 4.70. The van der Waals surface area contributed by atoms with Gasteiger partial charge < -0.3 is 10.1 Å². The second-order valence-corrected chi connectivity index (χ2v) is 5.60. The van der Waals surface area contributed by atoms with Gasteiger partial charge in [0.15, 0.2) is 0 Å². The number of rotatable bonds is 2. The van der Waals surface area contributed by atoms with Crippen LogP contribution < -0.4 is 5.32 Å². The van der Waals surface area contributed by atoms with Crippen LogP contribution in [0, 0.1) is 13.8 Å². The Morgan fingerprint density at radius 3 is 2.32 bits per heavy atom. The molecule has 0 aliphatic rings. The van der Waals surface area contributed by atoms with E-state index in [1.807, 2.05) is 32.0 Å². The summed E-state index contributed by atoms with van der Waals surface area (Å²) in [7, 11) is 0. The predicted molar refractivity (Wildman–Crippen MR) is 73.6 cm³/mol. The standard InChI is InChI=1S/C15H21NO3/c1-10-6-7-12(8-11(10)2)9-16-13(17)14(18)19-15(3,4)5/h6-8H,9H2,1-5H3,(H,16,17). The molecule has 0 saturated carbocycles. The van der Waals surface area contributed by atoms with Crippen LogP contribution in [0.15, 0.2) is 18.2 Å². The lowest BCUT2D eigenvalue weighted by molar-refractivity contribution is -0.163. The van der Waals surface area contributed by atoms with E-state index in [1.54, 1.807) is 20.8 Å². The van der Waals surface area contributed by atoms with Gasteiger partial charge in [0, 0.05) is 6.54 Å². The number of carbonyl (C=O) groups excluding carboxylic acids is 2. The summed E-state index contributed by atoms with van der Waals surface area (Å²) < 4.78 is 4.98. The summed E-state index contributed by atoms with van der Waals surface area (Å²) in [5.74, 6) is -1.57. The molecule has 4 nitrogen and oxygen atoms in total. The first-order chi connectivity index (χ1) is 8.69. The fourth-order valence-electron chi connectivity index (χ4n) is 1.49. The molecule has 1 aromatic carbocycles. The van der Waals surface area contributed by atoms with Gasteiger partial charge in [-0.1, -0.05) is 18.2 Å². The molecule has 0 unspecified atom stereocenters. The Balaban J connectivity index is 2.54. The SMILES string of the molecule is Cc1ccc(CNC(=O)C(=O)OC(C)(C)C)cc1C. The minimum atomic E-state index is -0.851. The molecule has 0 radical (unpaired) electrons. The smallest absolute Gasteiger partial charge is 0.397 e. The minimum absolute atomic E-state index is 0.319. The van der Waals surface area contributed by atoms with Crippen molar-refractivity contribution in [1.29, 1.82) is 0 Å². The molecule has 0 aliphatic carbocycles. The molecule has 4 heteroatoms. The number of nitrogens with one attached hydrogen (secondary N) is 1. The molecule has 1 amide bonds. The lowest BCUT2D eigenvalue weighted by Crippen LogP contribution is -2.36. The molecule has 19 heavy (non-hydrogen) atoms. The summed E-state index contributed by atoms with van der Waals surface area (Å²) in [6.07, 6.45) is 0. The van der Waals surface area contributed by atoms with Crippen LogP contribution in [-0.2, 0) is 20.9 Å². The minimum Gasteiger partial charge on any atom is -0.453 e. The van der Waals surface area contributed by atoms with E-state index in [0.717, 1.165) is 11.1 Å². The van der Waals surface area contributed by atoms with Crippen molar-refractivity contribution in [3.8, 4) is 0 Å². The van der Waals surface area contributed by atoms with Gasteiger partial charge in [-0.25, -0.2) is 4.79 Å². The maximum Gasteiger partial charge on any atom is 0.397 e. The molecular formula is C15H21NO3. The molecule has 1 N–H and O–H groups in total. The zero-order valence-electron chi connectivity index (χ0n) is 12.2. The Labute approximate surface area is 114 Å². The molecule has 0 fully saturated rings. The monoisotopic (exact) mass is 263 g/mol.